The summed E-state index contributed by atoms with van der Waals surface area (Å²) in [5, 5.41) is 0. The molecule has 0 radical (unpaired) electrons. The molecule has 0 spiro atoms. The standard InChI is InChI=1S/C13H16N4O2S/c1-10-8-15-7-6-11(10)9-16-20(18,19)13-5-3-2-4-12(13)17-14/h2-8,16-17H,9,14H2,1H3. The highest BCUT2D eigenvalue weighted by molar-refractivity contribution is 7.89. The van der Waals surface area contributed by atoms with E-state index in [1.807, 2.05) is 6.92 Å². The third-order valence-electron chi connectivity index (χ3n) is 2.92. The zero-order chi connectivity index (χ0) is 14.6. The summed E-state index contributed by atoms with van der Waals surface area (Å²) >= 11 is 0. The first-order chi connectivity index (χ1) is 9.54. The average molecular weight is 292 g/mol. The zero-order valence-electron chi connectivity index (χ0n) is 11.0. The summed E-state index contributed by atoms with van der Waals surface area (Å²) < 4.78 is 27.1. The quantitative estimate of drug-likeness (QED) is 0.567. The monoisotopic (exact) mass is 292 g/mol. The first-order valence-electron chi connectivity index (χ1n) is 5.99. The lowest BCUT2D eigenvalue weighted by molar-refractivity contribution is 0.581. The Hall–Kier alpha value is -1.96. The molecule has 0 atom stereocenters. The van der Waals surface area contributed by atoms with Gasteiger partial charge in [-0.25, -0.2) is 13.1 Å². The van der Waals surface area contributed by atoms with Crippen LogP contribution in [0.2, 0.25) is 0 Å². The van der Waals surface area contributed by atoms with E-state index in [0.29, 0.717) is 5.69 Å². The zero-order valence-corrected chi connectivity index (χ0v) is 11.8. The molecule has 0 saturated carbocycles. The van der Waals surface area contributed by atoms with Crippen LogP contribution in [0, 0.1) is 6.92 Å². The Balaban J connectivity index is 2.22. The molecule has 0 aliphatic carbocycles. The number of sulfonamides is 1. The number of para-hydroxylation sites is 1. The molecule has 0 saturated heterocycles. The number of hydrazine groups is 1. The molecule has 0 fully saturated rings. The van der Waals surface area contributed by atoms with E-state index in [4.69, 9.17) is 5.84 Å². The predicted octanol–water partition coefficient (Wildman–Crippen LogP) is 1.15. The minimum Gasteiger partial charge on any atom is -0.323 e. The number of nitrogen functional groups attached to an aromatic ring is 1. The number of nitrogens with two attached hydrogens (primary N) is 1. The Labute approximate surface area is 118 Å². The van der Waals surface area contributed by atoms with Crippen LogP contribution in [0.1, 0.15) is 11.1 Å². The molecule has 2 rings (SSSR count). The molecule has 4 N–H and O–H groups in total. The lowest BCUT2D eigenvalue weighted by atomic mass is 10.2. The van der Waals surface area contributed by atoms with Crippen molar-refractivity contribution < 1.29 is 8.42 Å². The van der Waals surface area contributed by atoms with Gasteiger partial charge in [0.2, 0.25) is 10.0 Å². The van der Waals surface area contributed by atoms with Gasteiger partial charge in [-0.15, -0.1) is 0 Å². The topological polar surface area (TPSA) is 97.1 Å². The van der Waals surface area contributed by atoms with E-state index >= 15 is 0 Å². The maximum atomic E-state index is 12.3. The second-order valence-corrected chi connectivity index (χ2v) is 6.00. The third kappa shape index (κ3) is 3.13. The van der Waals surface area contributed by atoms with Gasteiger partial charge in [-0.2, -0.15) is 0 Å². The molecule has 7 heteroatoms. The summed E-state index contributed by atoms with van der Waals surface area (Å²) in [4.78, 5) is 4.09. The Morgan fingerprint density at radius 2 is 2.00 bits per heavy atom. The summed E-state index contributed by atoms with van der Waals surface area (Å²) in [6.45, 7) is 2.08. The summed E-state index contributed by atoms with van der Waals surface area (Å²) in [5.41, 5.74) is 4.54. The number of aryl methyl sites for hydroxylation is 1. The molecular weight excluding hydrogens is 276 g/mol. The van der Waals surface area contributed by atoms with E-state index < -0.39 is 10.0 Å². The van der Waals surface area contributed by atoms with E-state index in [9.17, 15) is 8.42 Å². The molecule has 2 aromatic rings. The van der Waals surface area contributed by atoms with E-state index in [0.717, 1.165) is 11.1 Å². The number of benzene rings is 1. The fourth-order valence-corrected chi connectivity index (χ4v) is 2.95. The molecule has 0 aliphatic rings. The number of rotatable bonds is 5. The van der Waals surface area contributed by atoms with Crippen molar-refractivity contribution in [3.63, 3.8) is 0 Å². The summed E-state index contributed by atoms with van der Waals surface area (Å²) in [5.74, 6) is 5.33. The SMILES string of the molecule is Cc1cnccc1CNS(=O)(=O)c1ccccc1NN. The van der Waals surface area contributed by atoms with Crippen molar-refractivity contribution in [3.8, 4) is 0 Å². The molecular formula is C13H16N4O2S. The van der Waals surface area contributed by atoms with E-state index in [-0.39, 0.29) is 11.4 Å². The molecule has 6 nitrogen and oxygen atoms in total. The highest BCUT2D eigenvalue weighted by Gasteiger charge is 2.17. The first-order valence-corrected chi connectivity index (χ1v) is 7.47. The van der Waals surface area contributed by atoms with Crippen molar-refractivity contribution in [2.75, 3.05) is 5.43 Å². The van der Waals surface area contributed by atoms with Gasteiger partial charge in [0.1, 0.15) is 4.90 Å². The van der Waals surface area contributed by atoms with Crippen molar-refractivity contribution in [2.45, 2.75) is 18.4 Å². The van der Waals surface area contributed by atoms with Crippen LogP contribution in [0.4, 0.5) is 5.69 Å². The fraction of sp³-hybridized carbons (Fsp3) is 0.154. The molecule has 106 valence electrons. The molecule has 0 bridgehead atoms. The fourth-order valence-electron chi connectivity index (χ4n) is 1.77. The highest BCUT2D eigenvalue weighted by atomic mass is 32.2. The van der Waals surface area contributed by atoms with Crippen molar-refractivity contribution in [2.24, 2.45) is 5.84 Å². The van der Waals surface area contributed by atoms with Crippen LogP contribution in [-0.2, 0) is 16.6 Å². The van der Waals surface area contributed by atoms with Gasteiger partial charge in [0.05, 0.1) is 5.69 Å². The Bertz CT molecular complexity index is 701. The van der Waals surface area contributed by atoms with Gasteiger partial charge in [-0.3, -0.25) is 10.8 Å². The van der Waals surface area contributed by atoms with Crippen LogP contribution < -0.4 is 16.0 Å². The number of nitrogens with zero attached hydrogens (tertiary/aromatic N) is 1. The van der Waals surface area contributed by atoms with Crippen molar-refractivity contribution in [1.29, 1.82) is 0 Å². The second kappa shape index (κ2) is 6.00. The second-order valence-electron chi connectivity index (χ2n) is 4.27. The highest BCUT2D eigenvalue weighted by Crippen LogP contribution is 2.19. The average Bonchev–Trinajstić information content (AvgIpc) is 2.46. The third-order valence-corrected chi connectivity index (χ3v) is 4.38. The first kappa shape index (κ1) is 14.4. The maximum Gasteiger partial charge on any atom is 0.242 e. The minimum absolute atomic E-state index is 0.120. The van der Waals surface area contributed by atoms with E-state index in [1.165, 1.54) is 6.07 Å². The smallest absolute Gasteiger partial charge is 0.242 e. The van der Waals surface area contributed by atoms with Gasteiger partial charge in [-0.05, 0) is 36.2 Å². The van der Waals surface area contributed by atoms with Crippen molar-refractivity contribution >= 4 is 15.7 Å². The van der Waals surface area contributed by atoms with Gasteiger partial charge in [-0.1, -0.05) is 12.1 Å². The van der Waals surface area contributed by atoms with E-state index in [2.05, 4.69) is 15.1 Å². The number of aromatic nitrogens is 1. The van der Waals surface area contributed by atoms with Crippen LogP contribution in [0.3, 0.4) is 0 Å². The minimum atomic E-state index is -3.63. The van der Waals surface area contributed by atoms with Gasteiger partial charge < -0.3 is 5.43 Å². The molecule has 20 heavy (non-hydrogen) atoms. The summed E-state index contributed by atoms with van der Waals surface area (Å²) in [7, 11) is -3.63. The summed E-state index contributed by atoms with van der Waals surface area (Å²) in [6, 6.07) is 8.24. The molecule has 1 heterocycles. The van der Waals surface area contributed by atoms with Crippen molar-refractivity contribution in [3.05, 3.63) is 53.9 Å². The lowest BCUT2D eigenvalue weighted by Crippen LogP contribution is -2.25. The van der Waals surface area contributed by atoms with Gasteiger partial charge >= 0.3 is 0 Å². The number of pyridine rings is 1. The molecule has 1 aromatic heterocycles. The van der Waals surface area contributed by atoms with Gasteiger partial charge in [0.15, 0.2) is 0 Å². The maximum absolute atomic E-state index is 12.3. The molecule has 1 aromatic carbocycles. The number of nitrogens with one attached hydrogen (secondary N) is 2. The number of hydrogen-bond donors (Lipinski definition) is 3. The number of anilines is 1. The van der Waals surface area contributed by atoms with Gasteiger partial charge in [0.25, 0.3) is 0 Å². The largest absolute Gasteiger partial charge is 0.323 e. The lowest BCUT2D eigenvalue weighted by Gasteiger charge is -2.11. The van der Waals surface area contributed by atoms with Crippen LogP contribution in [0.5, 0.6) is 0 Å². The van der Waals surface area contributed by atoms with Gasteiger partial charge in [0, 0.05) is 18.9 Å². The Morgan fingerprint density at radius 1 is 1.25 bits per heavy atom. The Kier molecular flexibility index (Phi) is 4.33. The van der Waals surface area contributed by atoms with Crippen molar-refractivity contribution in [1.82, 2.24) is 9.71 Å². The van der Waals surface area contributed by atoms with Crippen LogP contribution in [0.25, 0.3) is 0 Å². The normalized spacial score (nSPS) is 11.3. The number of hydrogen-bond acceptors (Lipinski definition) is 5. The van der Waals surface area contributed by atoms with Crippen LogP contribution in [0.15, 0.2) is 47.6 Å². The summed E-state index contributed by atoms with van der Waals surface area (Å²) in [6.07, 6.45) is 3.32. The molecule has 0 amide bonds. The van der Waals surface area contributed by atoms with E-state index in [1.54, 1.807) is 36.7 Å². The Morgan fingerprint density at radius 3 is 2.70 bits per heavy atom. The van der Waals surface area contributed by atoms with Crippen LogP contribution >= 0.6 is 0 Å². The molecule has 0 aliphatic heterocycles. The molecule has 0 unspecified atom stereocenters. The van der Waals surface area contributed by atoms with Crippen LogP contribution in [-0.4, -0.2) is 13.4 Å². The predicted molar refractivity (Wildman–Crippen MR) is 77.3 cm³/mol.